The first-order valence-electron chi connectivity index (χ1n) is 17.7. The third-order valence-corrected chi connectivity index (χ3v) is 13.5. The highest BCUT2D eigenvalue weighted by molar-refractivity contribution is 7.92. The second-order valence-electron chi connectivity index (χ2n) is 16.9. The lowest BCUT2D eigenvalue weighted by molar-refractivity contribution is -0.145. The van der Waals surface area contributed by atoms with Gasteiger partial charge in [0.1, 0.15) is 12.1 Å². The van der Waals surface area contributed by atoms with Crippen LogP contribution in [-0.2, 0) is 29.0 Å². The summed E-state index contributed by atoms with van der Waals surface area (Å²) in [5.74, 6) is -0.489. The molecule has 4 N–H and O–H groups in total. The first-order valence-corrected chi connectivity index (χ1v) is 19.4. The standard InChI is InChI=1S/C36H59N5O7S/c1-11-13-17-24(27(42)30(44)37-20-12-2)38-29(43)26-25-23(35(25,9)10)21-41(26)31(45)28(33(3,4)5)39-32(46)40-36(18-15-14-16-19-36)22-49(47,48)34(6,7)8/h1,23-26,28H,12-22H2,2-10H3,(H,37,44)(H,38,43)(H2,39,40,46)/t23?,24?,25?,26-,28+/m0/s1. The normalized spacial score (nSPS) is 24.0. The molecule has 3 rings (SSSR count). The van der Waals surface area contributed by atoms with Crippen molar-refractivity contribution in [2.45, 2.75) is 142 Å². The van der Waals surface area contributed by atoms with Crippen LogP contribution in [0.1, 0.15) is 114 Å². The topological polar surface area (TPSA) is 171 Å². The lowest BCUT2D eigenvalue weighted by Gasteiger charge is -2.41. The van der Waals surface area contributed by atoms with E-state index in [4.69, 9.17) is 6.42 Å². The Morgan fingerprint density at radius 3 is 2.12 bits per heavy atom. The van der Waals surface area contributed by atoms with E-state index < -0.39 is 73.2 Å². The molecule has 0 spiro atoms. The largest absolute Gasteiger partial charge is 0.349 e. The average molecular weight is 706 g/mol. The van der Waals surface area contributed by atoms with Crippen molar-refractivity contribution in [2.24, 2.45) is 22.7 Å². The van der Waals surface area contributed by atoms with Gasteiger partial charge in [-0.15, -0.1) is 12.3 Å². The number of rotatable bonds is 13. The fraction of sp³-hybridized carbons (Fsp3) is 0.806. The quantitative estimate of drug-likeness (QED) is 0.169. The van der Waals surface area contributed by atoms with Crippen LogP contribution in [0, 0.1) is 35.0 Å². The lowest BCUT2D eigenvalue weighted by Crippen LogP contribution is -2.64. The van der Waals surface area contributed by atoms with Crippen LogP contribution in [0.3, 0.4) is 0 Å². The van der Waals surface area contributed by atoms with Crippen molar-refractivity contribution in [3.63, 3.8) is 0 Å². The maximum absolute atomic E-state index is 14.4. The number of nitrogens with one attached hydrogen (secondary N) is 4. The first-order chi connectivity index (χ1) is 22.5. The Hall–Kier alpha value is -3.14. The maximum atomic E-state index is 14.4. The molecule has 3 unspecified atom stereocenters. The SMILES string of the molecule is C#CCCC(NC(=O)[C@@H]1C2C(CN1C(=O)[C@@H](NC(=O)NC1(CS(=O)(=O)C(C)(C)C)CCCCC1)C(C)(C)C)C2(C)C)C(=O)C(=O)NCCC. The van der Waals surface area contributed by atoms with E-state index in [1.807, 2.05) is 41.5 Å². The zero-order valence-corrected chi connectivity index (χ0v) is 31.8. The van der Waals surface area contributed by atoms with E-state index in [0.29, 0.717) is 25.8 Å². The minimum Gasteiger partial charge on any atom is -0.349 e. The summed E-state index contributed by atoms with van der Waals surface area (Å²) in [5, 5.41) is 11.2. The van der Waals surface area contributed by atoms with Crippen LogP contribution in [0.15, 0.2) is 0 Å². The number of fused-ring (bicyclic) bond motifs is 1. The van der Waals surface area contributed by atoms with Crippen molar-refractivity contribution < 1.29 is 32.4 Å². The van der Waals surface area contributed by atoms with Crippen molar-refractivity contribution in [3.8, 4) is 12.3 Å². The van der Waals surface area contributed by atoms with Crippen LogP contribution >= 0.6 is 0 Å². The van der Waals surface area contributed by atoms with Gasteiger partial charge in [0.25, 0.3) is 5.91 Å². The summed E-state index contributed by atoms with van der Waals surface area (Å²) in [6.07, 6.45) is 9.81. The number of hydrogen-bond donors (Lipinski definition) is 4. The molecule has 0 aromatic carbocycles. The predicted octanol–water partition coefficient (Wildman–Crippen LogP) is 3.09. The zero-order valence-electron chi connectivity index (χ0n) is 31.0. The van der Waals surface area contributed by atoms with Crippen molar-refractivity contribution >= 4 is 39.4 Å². The number of sulfone groups is 1. The van der Waals surface area contributed by atoms with Crippen LogP contribution in [-0.4, -0.2) is 90.1 Å². The molecular weight excluding hydrogens is 646 g/mol. The molecule has 276 valence electrons. The molecule has 5 atom stereocenters. The summed E-state index contributed by atoms with van der Waals surface area (Å²) < 4.78 is 25.6. The van der Waals surface area contributed by atoms with Gasteiger partial charge < -0.3 is 26.2 Å². The van der Waals surface area contributed by atoms with Crippen molar-refractivity contribution in [2.75, 3.05) is 18.8 Å². The van der Waals surface area contributed by atoms with Gasteiger partial charge in [-0.25, -0.2) is 13.2 Å². The molecule has 1 saturated heterocycles. The second kappa shape index (κ2) is 15.0. The van der Waals surface area contributed by atoms with Crippen LogP contribution in [0.25, 0.3) is 0 Å². The Kier molecular flexibility index (Phi) is 12.3. The molecule has 3 aliphatic rings. The summed E-state index contributed by atoms with van der Waals surface area (Å²) in [7, 11) is -3.57. The molecule has 1 heterocycles. The number of amides is 5. The predicted molar refractivity (Wildman–Crippen MR) is 189 cm³/mol. The maximum Gasteiger partial charge on any atom is 0.315 e. The lowest BCUT2D eigenvalue weighted by atomic mass is 9.83. The summed E-state index contributed by atoms with van der Waals surface area (Å²) in [6.45, 7) is 16.9. The van der Waals surface area contributed by atoms with Gasteiger partial charge >= 0.3 is 6.03 Å². The Bertz CT molecular complexity index is 1430. The summed E-state index contributed by atoms with van der Waals surface area (Å²) >= 11 is 0. The summed E-state index contributed by atoms with van der Waals surface area (Å²) in [6, 6.07) is -3.77. The van der Waals surface area contributed by atoms with Gasteiger partial charge in [-0.05, 0) is 69.1 Å². The fourth-order valence-corrected chi connectivity index (χ4v) is 8.91. The van der Waals surface area contributed by atoms with Gasteiger partial charge in [0.05, 0.1) is 22.1 Å². The fourth-order valence-electron chi connectivity index (χ4n) is 7.39. The number of hydrogen-bond acceptors (Lipinski definition) is 7. The molecular formula is C36H59N5O7S. The Morgan fingerprint density at radius 2 is 1.59 bits per heavy atom. The molecule has 3 fully saturated rings. The smallest absolute Gasteiger partial charge is 0.315 e. The number of piperidine rings is 1. The van der Waals surface area contributed by atoms with Crippen LogP contribution in [0.2, 0.25) is 0 Å². The van der Waals surface area contributed by atoms with E-state index in [1.54, 1.807) is 20.8 Å². The molecule has 2 aliphatic carbocycles. The highest BCUT2D eigenvalue weighted by atomic mass is 32.2. The highest BCUT2D eigenvalue weighted by Gasteiger charge is 2.70. The number of Topliss-reactive ketones (excluding diaryl/α,β-unsaturated/α-hetero) is 1. The molecule has 0 radical (unpaired) electrons. The van der Waals surface area contributed by atoms with Gasteiger partial charge in [-0.1, -0.05) is 60.8 Å². The third-order valence-electron chi connectivity index (χ3n) is 10.7. The van der Waals surface area contributed by atoms with Crippen LogP contribution < -0.4 is 21.3 Å². The van der Waals surface area contributed by atoms with Crippen molar-refractivity contribution in [3.05, 3.63) is 0 Å². The highest BCUT2D eigenvalue weighted by Crippen LogP contribution is 2.65. The number of ketones is 1. The number of nitrogens with zero attached hydrogens (tertiary/aromatic N) is 1. The monoisotopic (exact) mass is 705 g/mol. The van der Waals surface area contributed by atoms with Gasteiger partial charge in [0.15, 0.2) is 9.84 Å². The number of likely N-dealkylation sites (tertiary alicyclic amines) is 1. The van der Waals surface area contributed by atoms with E-state index in [2.05, 4.69) is 27.2 Å². The summed E-state index contributed by atoms with van der Waals surface area (Å²) in [5.41, 5.74) is -1.98. The molecule has 1 aliphatic heterocycles. The molecule has 2 saturated carbocycles. The average Bonchev–Trinajstić information content (AvgIpc) is 3.30. The summed E-state index contributed by atoms with van der Waals surface area (Å²) in [4.78, 5) is 69.3. The van der Waals surface area contributed by atoms with Crippen LogP contribution in [0.5, 0.6) is 0 Å². The number of carbonyl (C=O) groups is 5. The Morgan fingerprint density at radius 1 is 0.980 bits per heavy atom. The Labute approximate surface area is 293 Å². The number of urea groups is 1. The number of carbonyl (C=O) groups excluding carboxylic acids is 5. The number of terminal acetylenes is 1. The molecule has 12 nitrogen and oxygen atoms in total. The Balaban J connectivity index is 1.86. The molecule has 0 aromatic heterocycles. The van der Waals surface area contributed by atoms with Gasteiger partial charge in [0.2, 0.25) is 17.6 Å². The molecule has 0 bridgehead atoms. The first kappa shape index (κ1) is 40.3. The molecule has 49 heavy (non-hydrogen) atoms. The van der Waals surface area contributed by atoms with E-state index in [9.17, 15) is 32.4 Å². The third kappa shape index (κ3) is 9.16. The van der Waals surface area contributed by atoms with E-state index >= 15 is 0 Å². The zero-order chi connectivity index (χ0) is 37.2. The van der Waals surface area contributed by atoms with E-state index in [1.165, 1.54) is 4.90 Å². The minimum atomic E-state index is -3.57. The van der Waals surface area contributed by atoms with Crippen molar-refractivity contribution in [1.82, 2.24) is 26.2 Å². The van der Waals surface area contributed by atoms with E-state index in [-0.39, 0.29) is 42.4 Å². The second-order valence-corrected chi connectivity index (χ2v) is 19.7. The van der Waals surface area contributed by atoms with Crippen molar-refractivity contribution in [1.29, 1.82) is 0 Å². The molecule has 0 aromatic rings. The van der Waals surface area contributed by atoms with Gasteiger partial charge in [-0.2, -0.15) is 0 Å². The van der Waals surface area contributed by atoms with Gasteiger partial charge in [-0.3, -0.25) is 19.2 Å². The van der Waals surface area contributed by atoms with E-state index in [0.717, 1.165) is 19.3 Å². The van der Waals surface area contributed by atoms with Gasteiger partial charge in [0, 0.05) is 19.5 Å². The minimum absolute atomic E-state index is 0.0301. The molecule has 13 heteroatoms. The van der Waals surface area contributed by atoms with Crippen LogP contribution in [0.4, 0.5) is 4.79 Å². The molecule has 5 amide bonds.